The van der Waals surface area contributed by atoms with Crippen LogP contribution in [0.15, 0.2) is 18.2 Å². The van der Waals surface area contributed by atoms with Crippen molar-refractivity contribution in [2.75, 3.05) is 5.32 Å². The summed E-state index contributed by atoms with van der Waals surface area (Å²) in [6.07, 6.45) is -1.27. The summed E-state index contributed by atoms with van der Waals surface area (Å²) >= 11 is 0. The largest absolute Gasteiger partial charge is 0.479 e. The number of rotatable bonds is 4. The number of nitro groups is 1. The molecule has 1 aliphatic rings. The molecule has 0 bridgehead atoms. The van der Waals surface area contributed by atoms with Crippen LogP contribution < -0.4 is 5.32 Å². The number of ether oxygens (including phenoxy) is 1. The molecule has 1 amide bonds. The third-order valence-corrected chi connectivity index (χ3v) is 3.35. The minimum Gasteiger partial charge on any atom is -0.479 e. The average Bonchev–Trinajstić information content (AvgIpc) is 2.90. The third-order valence-electron chi connectivity index (χ3n) is 3.35. The number of amides is 1. The van der Waals surface area contributed by atoms with Gasteiger partial charge in [0.25, 0.3) is 11.6 Å². The van der Waals surface area contributed by atoms with Gasteiger partial charge < -0.3 is 15.2 Å². The van der Waals surface area contributed by atoms with Crippen LogP contribution >= 0.6 is 0 Å². The predicted molar refractivity (Wildman–Crippen MR) is 72.0 cm³/mol. The van der Waals surface area contributed by atoms with Crippen LogP contribution in [0, 0.1) is 17.0 Å². The lowest BCUT2D eigenvalue weighted by molar-refractivity contribution is -0.385. The van der Waals surface area contributed by atoms with Crippen molar-refractivity contribution in [1.29, 1.82) is 0 Å². The Morgan fingerprint density at radius 1 is 1.38 bits per heavy atom. The number of nitrogens with one attached hydrogen (secondary N) is 1. The first-order chi connectivity index (χ1) is 9.90. The minimum atomic E-state index is -1.10. The molecule has 1 fully saturated rings. The summed E-state index contributed by atoms with van der Waals surface area (Å²) in [5.41, 5.74) is 0.559. The summed E-state index contributed by atoms with van der Waals surface area (Å²) in [6, 6.07) is 4.36. The van der Waals surface area contributed by atoms with Gasteiger partial charge in [-0.05, 0) is 25.8 Å². The van der Waals surface area contributed by atoms with Crippen molar-refractivity contribution in [2.45, 2.75) is 32.0 Å². The highest BCUT2D eigenvalue weighted by Gasteiger charge is 2.35. The number of nitro benzene ring substituents is 1. The molecule has 8 heteroatoms. The maximum absolute atomic E-state index is 12.0. The van der Waals surface area contributed by atoms with Crippen LogP contribution in [-0.4, -0.2) is 34.1 Å². The highest BCUT2D eigenvalue weighted by atomic mass is 16.6. The molecule has 1 heterocycles. The van der Waals surface area contributed by atoms with Gasteiger partial charge in [0.1, 0.15) is 6.10 Å². The molecular formula is C13H14N2O6. The molecule has 1 aromatic carbocycles. The van der Waals surface area contributed by atoms with Gasteiger partial charge in [-0.2, -0.15) is 0 Å². The summed E-state index contributed by atoms with van der Waals surface area (Å²) in [5.74, 6) is -1.60. The summed E-state index contributed by atoms with van der Waals surface area (Å²) in [5, 5.41) is 22.2. The Balaban J connectivity index is 2.09. The van der Waals surface area contributed by atoms with Crippen molar-refractivity contribution in [3.8, 4) is 0 Å². The van der Waals surface area contributed by atoms with E-state index in [0.29, 0.717) is 17.7 Å². The highest BCUT2D eigenvalue weighted by Crippen LogP contribution is 2.26. The molecular weight excluding hydrogens is 280 g/mol. The predicted octanol–water partition coefficient (Wildman–Crippen LogP) is 1.47. The number of hydrogen-bond acceptors (Lipinski definition) is 5. The zero-order valence-corrected chi connectivity index (χ0v) is 11.2. The molecule has 0 aromatic heterocycles. The number of benzene rings is 1. The van der Waals surface area contributed by atoms with E-state index in [4.69, 9.17) is 9.84 Å². The molecule has 1 aliphatic heterocycles. The van der Waals surface area contributed by atoms with E-state index in [0.717, 1.165) is 0 Å². The van der Waals surface area contributed by atoms with Crippen molar-refractivity contribution < 1.29 is 24.4 Å². The molecule has 1 saturated heterocycles. The molecule has 2 unspecified atom stereocenters. The quantitative estimate of drug-likeness (QED) is 0.641. The van der Waals surface area contributed by atoms with Gasteiger partial charge in [-0.15, -0.1) is 0 Å². The van der Waals surface area contributed by atoms with E-state index in [2.05, 4.69) is 5.32 Å². The smallest absolute Gasteiger partial charge is 0.332 e. The van der Waals surface area contributed by atoms with E-state index < -0.39 is 29.0 Å². The van der Waals surface area contributed by atoms with Gasteiger partial charge >= 0.3 is 5.97 Å². The summed E-state index contributed by atoms with van der Waals surface area (Å²) in [4.78, 5) is 33.1. The second kappa shape index (κ2) is 5.88. The second-order valence-corrected chi connectivity index (χ2v) is 4.73. The standard InChI is InChI=1S/C13H14N2O6/c1-7-8(3-2-4-9(7)15(19)20)14-12(16)10-5-6-11(21-10)13(17)18/h2-4,10-11H,5-6H2,1H3,(H,14,16)(H,17,18). The summed E-state index contributed by atoms with van der Waals surface area (Å²) in [6.45, 7) is 1.53. The SMILES string of the molecule is Cc1c(NC(=O)C2CCC(C(=O)O)O2)cccc1[N+](=O)[O-]. The molecule has 2 rings (SSSR count). The number of aliphatic carboxylic acids is 1. The summed E-state index contributed by atoms with van der Waals surface area (Å²) in [7, 11) is 0. The van der Waals surface area contributed by atoms with Crippen LogP contribution in [0.25, 0.3) is 0 Å². The lowest BCUT2D eigenvalue weighted by atomic mass is 10.1. The fourth-order valence-electron chi connectivity index (χ4n) is 2.18. The normalized spacial score (nSPS) is 21.0. The number of carboxylic acids is 1. The number of nitrogens with zero attached hydrogens (tertiary/aromatic N) is 1. The molecule has 0 radical (unpaired) electrons. The molecule has 21 heavy (non-hydrogen) atoms. The highest BCUT2D eigenvalue weighted by molar-refractivity contribution is 5.95. The zero-order chi connectivity index (χ0) is 15.6. The van der Waals surface area contributed by atoms with Crippen molar-refractivity contribution in [3.63, 3.8) is 0 Å². The van der Waals surface area contributed by atoms with Crippen LogP contribution in [0.2, 0.25) is 0 Å². The van der Waals surface area contributed by atoms with Crippen LogP contribution in [0.4, 0.5) is 11.4 Å². The number of anilines is 1. The molecule has 8 nitrogen and oxygen atoms in total. The van der Waals surface area contributed by atoms with Gasteiger partial charge in [0.15, 0.2) is 6.10 Å². The van der Waals surface area contributed by atoms with E-state index in [1.807, 2.05) is 0 Å². The topological polar surface area (TPSA) is 119 Å². The molecule has 2 atom stereocenters. The fraction of sp³-hybridized carbons (Fsp3) is 0.385. The Morgan fingerprint density at radius 2 is 2.05 bits per heavy atom. The zero-order valence-electron chi connectivity index (χ0n) is 11.2. The first kappa shape index (κ1) is 14.9. The van der Waals surface area contributed by atoms with E-state index in [1.165, 1.54) is 19.1 Å². The minimum absolute atomic E-state index is 0.0939. The van der Waals surface area contributed by atoms with Gasteiger partial charge in [0.2, 0.25) is 0 Å². The van der Waals surface area contributed by atoms with Crippen LogP contribution in [0.3, 0.4) is 0 Å². The average molecular weight is 294 g/mol. The fourth-order valence-corrected chi connectivity index (χ4v) is 2.18. The Hall–Kier alpha value is -2.48. The number of hydrogen-bond donors (Lipinski definition) is 2. The maximum atomic E-state index is 12.0. The van der Waals surface area contributed by atoms with Crippen LogP contribution in [0.5, 0.6) is 0 Å². The lowest BCUT2D eigenvalue weighted by Gasteiger charge is -2.13. The van der Waals surface area contributed by atoms with E-state index in [1.54, 1.807) is 6.07 Å². The molecule has 2 N–H and O–H groups in total. The number of carboxylic acid groups (broad SMARTS) is 1. The second-order valence-electron chi connectivity index (χ2n) is 4.73. The van der Waals surface area contributed by atoms with Crippen LogP contribution in [-0.2, 0) is 14.3 Å². The summed E-state index contributed by atoms with van der Waals surface area (Å²) < 4.78 is 5.13. The molecule has 112 valence electrons. The van der Waals surface area contributed by atoms with Crippen molar-refractivity contribution in [2.24, 2.45) is 0 Å². The number of carbonyl (C=O) groups excluding carboxylic acids is 1. The first-order valence-electron chi connectivity index (χ1n) is 6.33. The molecule has 0 saturated carbocycles. The van der Waals surface area contributed by atoms with Crippen molar-refractivity contribution in [3.05, 3.63) is 33.9 Å². The van der Waals surface area contributed by atoms with Gasteiger partial charge in [-0.1, -0.05) is 6.07 Å². The van der Waals surface area contributed by atoms with Crippen molar-refractivity contribution in [1.82, 2.24) is 0 Å². The van der Waals surface area contributed by atoms with E-state index in [9.17, 15) is 19.7 Å². The lowest BCUT2D eigenvalue weighted by Crippen LogP contribution is -2.30. The van der Waals surface area contributed by atoms with E-state index in [-0.39, 0.29) is 12.1 Å². The van der Waals surface area contributed by atoms with Gasteiger partial charge in [-0.3, -0.25) is 14.9 Å². The number of carbonyl (C=O) groups is 2. The van der Waals surface area contributed by atoms with Crippen molar-refractivity contribution >= 4 is 23.3 Å². The maximum Gasteiger partial charge on any atom is 0.332 e. The Bertz CT molecular complexity index is 600. The molecule has 1 aromatic rings. The molecule has 0 aliphatic carbocycles. The van der Waals surface area contributed by atoms with E-state index >= 15 is 0 Å². The third kappa shape index (κ3) is 3.16. The Labute approximate surface area is 119 Å². The monoisotopic (exact) mass is 294 g/mol. The van der Waals surface area contributed by atoms with Gasteiger partial charge in [0.05, 0.1) is 16.2 Å². The van der Waals surface area contributed by atoms with Gasteiger partial charge in [0, 0.05) is 6.07 Å². The first-order valence-corrected chi connectivity index (χ1v) is 6.33. The Kier molecular flexibility index (Phi) is 4.18. The van der Waals surface area contributed by atoms with Gasteiger partial charge in [-0.25, -0.2) is 4.79 Å². The van der Waals surface area contributed by atoms with Crippen LogP contribution in [0.1, 0.15) is 18.4 Å². The molecule has 0 spiro atoms. The Morgan fingerprint density at radius 3 is 2.62 bits per heavy atom.